The second-order valence-corrected chi connectivity index (χ2v) is 5.41. The number of methoxy groups -OCH3 is 1. The van der Waals surface area contributed by atoms with Gasteiger partial charge in [0.2, 0.25) is 0 Å². The summed E-state index contributed by atoms with van der Waals surface area (Å²) in [5.74, 6) is -0.590. The van der Waals surface area contributed by atoms with E-state index >= 15 is 0 Å². The molecule has 0 fully saturated rings. The van der Waals surface area contributed by atoms with Crippen LogP contribution in [-0.4, -0.2) is 30.4 Å². The van der Waals surface area contributed by atoms with Crippen LogP contribution in [0, 0.1) is 0 Å². The van der Waals surface area contributed by atoms with Crippen molar-refractivity contribution in [1.29, 1.82) is 0 Å². The number of unbranched alkanes of at least 4 members (excludes halogenated alkanes) is 1. The standard InChI is InChI=1S/C14H24O5/c1-14(2,3)19-13(17)10-9-11(15)7-5-6-8-12(16)18-4/h5-10H2,1-4H3. The summed E-state index contributed by atoms with van der Waals surface area (Å²) in [4.78, 5) is 33.7. The van der Waals surface area contributed by atoms with E-state index in [0.29, 0.717) is 25.7 Å². The lowest BCUT2D eigenvalue weighted by molar-refractivity contribution is -0.155. The molecule has 0 spiro atoms. The molecule has 0 saturated heterocycles. The van der Waals surface area contributed by atoms with Gasteiger partial charge in [0.25, 0.3) is 0 Å². The van der Waals surface area contributed by atoms with Crippen LogP contribution in [0.4, 0.5) is 0 Å². The maximum absolute atomic E-state index is 11.5. The first-order chi connectivity index (χ1) is 8.74. The highest BCUT2D eigenvalue weighted by molar-refractivity contribution is 5.83. The van der Waals surface area contributed by atoms with E-state index < -0.39 is 5.60 Å². The smallest absolute Gasteiger partial charge is 0.306 e. The zero-order valence-electron chi connectivity index (χ0n) is 12.3. The van der Waals surface area contributed by atoms with E-state index in [1.807, 2.05) is 0 Å². The molecule has 0 radical (unpaired) electrons. The fourth-order valence-electron chi connectivity index (χ4n) is 1.45. The zero-order valence-corrected chi connectivity index (χ0v) is 12.3. The lowest BCUT2D eigenvalue weighted by Gasteiger charge is -2.19. The molecule has 0 aromatic carbocycles. The van der Waals surface area contributed by atoms with E-state index in [4.69, 9.17) is 4.74 Å². The Hall–Kier alpha value is -1.39. The summed E-state index contributed by atoms with van der Waals surface area (Å²) in [6, 6.07) is 0. The number of carbonyl (C=O) groups excluding carboxylic acids is 3. The average Bonchev–Trinajstić information content (AvgIpc) is 2.29. The van der Waals surface area contributed by atoms with Crippen LogP contribution in [0.5, 0.6) is 0 Å². The predicted molar refractivity (Wildman–Crippen MR) is 70.6 cm³/mol. The molecule has 0 heterocycles. The molecule has 0 amide bonds. The minimum atomic E-state index is -0.513. The molecular formula is C14H24O5. The third-order valence-electron chi connectivity index (χ3n) is 2.34. The SMILES string of the molecule is COC(=O)CCCCC(=O)CCC(=O)OC(C)(C)C. The van der Waals surface area contributed by atoms with Gasteiger partial charge in [-0.15, -0.1) is 0 Å². The van der Waals surface area contributed by atoms with E-state index in [9.17, 15) is 14.4 Å². The minimum absolute atomic E-state index is 0.0238. The molecular weight excluding hydrogens is 248 g/mol. The molecule has 5 nitrogen and oxygen atoms in total. The van der Waals surface area contributed by atoms with Crippen LogP contribution in [0.3, 0.4) is 0 Å². The van der Waals surface area contributed by atoms with Crippen molar-refractivity contribution in [1.82, 2.24) is 0 Å². The van der Waals surface area contributed by atoms with Crippen molar-refractivity contribution in [3.8, 4) is 0 Å². The highest BCUT2D eigenvalue weighted by atomic mass is 16.6. The molecule has 0 unspecified atom stereocenters. The van der Waals surface area contributed by atoms with Crippen molar-refractivity contribution in [3.63, 3.8) is 0 Å². The molecule has 0 N–H and O–H groups in total. The topological polar surface area (TPSA) is 69.7 Å². The van der Waals surface area contributed by atoms with Crippen LogP contribution < -0.4 is 0 Å². The molecule has 0 aromatic rings. The Morgan fingerprint density at radius 3 is 1.95 bits per heavy atom. The molecule has 0 rings (SSSR count). The van der Waals surface area contributed by atoms with Gasteiger partial charge in [-0.25, -0.2) is 0 Å². The van der Waals surface area contributed by atoms with Crippen molar-refractivity contribution >= 4 is 17.7 Å². The Morgan fingerprint density at radius 2 is 1.42 bits per heavy atom. The third-order valence-corrected chi connectivity index (χ3v) is 2.34. The summed E-state index contributed by atoms with van der Waals surface area (Å²) < 4.78 is 9.60. The molecule has 110 valence electrons. The summed E-state index contributed by atoms with van der Waals surface area (Å²) in [5, 5.41) is 0. The Bertz CT molecular complexity index is 314. The number of ketones is 1. The first kappa shape index (κ1) is 17.6. The summed E-state index contributed by atoms with van der Waals surface area (Å²) in [7, 11) is 1.34. The first-order valence-electron chi connectivity index (χ1n) is 6.55. The van der Waals surface area contributed by atoms with Crippen LogP contribution in [0.2, 0.25) is 0 Å². The molecule has 0 saturated carbocycles. The van der Waals surface area contributed by atoms with Crippen LogP contribution in [-0.2, 0) is 23.9 Å². The summed E-state index contributed by atoms with van der Waals surface area (Å²) in [6.07, 6.45) is 2.31. The van der Waals surface area contributed by atoms with E-state index in [-0.39, 0.29) is 30.6 Å². The van der Waals surface area contributed by atoms with Crippen molar-refractivity contribution in [2.45, 2.75) is 64.9 Å². The van der Waals surface area contributed by atoms with Gasteiger partial charge < -0.3 is 9.47 Å². The summed E-state index contributed by atoms with van der Waals surface area (Å²) in [5.41, 5.74) is -0.513. The fourth-order valence-corrected chi connectivity index (χ4v) is 1.45. The normalized spacial score (nSPS) is 10.9. The molecule has 0 aliphatic heterocycles. The zero-order chi connectivity index (χ0) is 14.9. The highest BCUT2D eigenvalue weighted by Crippen LogP contribution is 2.10. The summed E-state index contributed by atoms with van der Waals surface area (Å²) >= 11 is 0. The maximum Gasteiger partial charge on any atom is 0.306 e. The number of Topliss-reactive ketones (excluding diaryl/α,β-unsaturated/α-hetero) is 1. The van der Waals surface area contributed by atoms with Gasteiger partial charge in [0, 0.05) is 19.3 Å². The molecule has 19 heavy (non-hydrogen) atoms. The Balaban J connectivity index is 3.65. The van der Waals surface area contributed by atoms with Gasteiger partial charge in [0.1, 0.15) is 11.4 Å². The average molecular weight is 272 g/mol. The third kappa shape index (κ3) is 11.4. The van der Waals surface area contributed by atoms with Crippen molar-refractivity contribution < 1.29 is 23.9 Å². The van der Waals surface area contributed by atoms with Crippen molar-refractivity contribution in [2.75, 3.05) is 7.11 Å². The summed E-state index contributed by atoms with van der Waals surface area (Å²) in [6.45, 7) is 5.37. The van der Waals surface area contributed by atoms with Gasteiger partial charge in [0.15, 0.2) is 0 Å². The lowest BCUT2D eigenvalue weighted by atomic mass is 10.1. The van der Waals surface area contributed by atoms with Gasteiger partial charge in [0.05, 0.1) is 13.5 Å². The largest absolute Gasteiger partial charge is 0.469 e. The van der Waals surface area contributed by atoms with Crippen molar-refractivity contribution in [2.24, 2.45) is 0 Å². The maximum atomic E-state index is 11.5. The fraction of sp³-hybridized carbons (Fsp3) is 0.786. The number of hydrogen-bond donors (Lipinski definition) is 0. The van der Waals surface area contributed by atoms with E-state index in [2.05, 4.69) is 4.74 Å². The van der Waals surface area contributed by atoms with Gasteiger partial charge in [-0.1, -0.05) is 0 Å². The highest BCUT2D eigenvalue weighted by Gasteiger charge is 2.16. The molecule has 0 aromatic heterocycles. The number of rotatable bonds is 8. The van der Waals surface area contributed by atoms with Gasteiger partial charge in [-0.2, -0.15) is 0 Å². The molecule has 0 atom stereocenters. The first-order valence-corrected chi connectivity index (χ1v) is 6.55. The minimum Gasteiger partial charge on any atom is -0.469 e. The lowest BCUT2D eigenvalue weighted by Crippen LogP contribution is -2.24. The molecule has 5 heteroatoms. The van der Waals surface area contributed by atoms with Crippen LogP contribution in [0.25, 0.3) is 0 Å². The number of carbonyl (C=O) groups is 3. The van der Waals surface area contributed by atoms with Gasteiger partial charge in [-0.3, -0.25) is 14.4 Å². The Kier molecular flexibility index (Phi) is 8.03. The van der Waals surface area contributed by atoms with Crippen LogP contribution >= 0.6 is 0 Å². The predicted octanol–water partition coefficient (Wildman–Crippen LogP) is 2.41. The van der Waals surface area contributed by atoms with Gasteiger partial charge in [-0.05, 0) is 33.6 Å². The van der Waals surface area contributed by atoms with Crippen molar-refractivity contribution in [3.05, 3.63) is 0 Å². The molecule has 0 bridgehead atoms. The van der Waals surface area contributed by atoms with E-state index in [1.165, 1.54) is 7.11 Å². The molecule has 0 aliphatic rings. The second kappa shape index (κ2) is 8.67. The second-order valence-electron chi connectivity index (χ2n) is 5.41. The van der Waals surface area contributed by atoms with Crippen LogP contribution in [0.1, 0.15) is 59.3 Å². The van der Waals surface area contributed by atoms with Gasteiger partial charge >= 0.3 is 11.9 Å². The monoisotopic (exact) mass is 272 g/mol. The quantitative estimate of drug-likeness (QED) is 0.501. The van der Waals surface area contributed by atoms with Crippen LogP contribution in [0.15, 0.2) is 0 Å². The number of esters is 2. The Morgan fingerprint density at radius 1 is 0.842 bits per heavy atom. The Labute approximate surface area is 114 Å². The van der Waals surface area contributed by atoms with E-state index in [1.54, 1.807) is 20.8 Å². The molecule has 0 aliphatic carbocycles. The number of hydrogen-bond acceptors (Lipinski definition) is 5. The number of ether oxygens (including phenoxy) is 2. The van der Waals surface area contributed by atoms with E-state index in [0.717, 1.165) is 0 Å².